The number of aliphatic hydroxyl groups is 4. The van der Waals surface area contributed by atoms with Crippen LogP contribution in [0.1, 0.15) is 17.2 Å². The lowest BCUT2D eigenvalue weighted by molar-refractivity contribution is -0.242. The second-order valence-corrected chi connectivity index (χ2v) is 7.35. The van der Waals surface area contributed by atoms with Crippen molar-refractivity contribution in [2.75, 3.05) is 6.61 Å². The summed E-state index contributed by atoms with van der Waals surface area (Å²) in [7, 11) is 0. The normalized spacial score (nSPS) is 30.9. The maximum atomic E-state index is 10.5. The Bertz CT molecular complexity index is 932. The third kappa shape index (κ3) is 3.71. The van der Waals surface area contributed by atoms with Gasteiger partial charge in [0.1, 0.15) is 41.7 Å². The number of benzene rings is 2. The molecule has 30 heavy (non-hydrogen) atoms. The summed E-state index contributed by atoms with van der Waals surface area (Å²) >= 11 is 0. The van der Waals surface area contributed by atoms with Crippen LogP contribution in [0.15, 0.2) is 30.3 Å². The number of phenols is 3. The Labute approximate surface area is 170 Å². The minimum atomic E-state index is -1.51. The number of hydrogen-bond donors (Lipinski definition) is 7. The smallest absolute Gasteiger partial charge is 0.228 e. The predicted molar refractivity (Wildman–Crippen MR) is 99.3 cm³/mol. The van der Waals surface area contributed by atoms with E-state index < -0.39 is 36.8 Å². The van der Waals surface area contributed by atoms with Crippen molar-refractivity contribution >= 4 is 0 Å². The first-order chi connectivity index (χ1) is 14.2. The Hall–Kier alpha value is -2.76. The van der Waals surface area contributed by atoms with Gasteiger partial charge >= 0.3 is 0 Å². The van der Waals surface area contributed by atoms with Crippen LogP contribution < -0.4 is 9.47 Å². The van der Waals surface area contributed by atoms with Gasteiger partial charge in [0.15, 0.2) is 11.5 Å². The highest BCUT2D eigenvalue weighted by Gasteiger charge is 2.39. The third-order valence-electron chi connectivity index (χ3n) is 5.21. The lowest BCUT2D eigenvalue weighted by Crippen LogP contribution is -2.54. The van der Waals surface area contributed by atoms with Gasteiger partial charge in [-0.2, -0.15) is 0 Å². The fourth-order valence-electron chi connectivity index (χ4n) is 3.54. The van der Waals surface area contributed by atoms with Crippen molar-refractivity contribution in [2.45, 2.75) is 43.2 Å². The molecular weight excluding hydrogens is 400 g/mol. The summed E-state index contributed by atoms with van der Waals surface area (Å²) < 4.78 is 16.5. The van der Waals surface area contributed by atoms with Gasteiger partial charge in [0, 0.05) is 24.1 Å². The first-order valence-electron chi connectivity index (χ1n) is 9.29. The number of phenolic OH excluding ortho intramolecular Hbond substituents is 3. The van der Waals surface area contributed by atoms with Crippen LogP contribution in [0.25, 0.3) is 0 Å². The third-order valence-corrected chi connectivity index (χ3v) is 5.21. The van der Waals surface area contributed by atoms with E-state index in [2.05, 4.69) is 0 Å². The fraction of sp³-hybridized carbons (Fsp3) is 0.400. The van der Waals surface area contributed by atoms with Crippen LogP contribution in [-0.4, -0.2) is 73.1 Å². The Morgan fingerprint density at radius 1 is 0.833 bits per heavy atom. The van der Waals surface area contributed by atoms with Crippen LogP contribution >= 0.6 is 0 Å². The number of fused-ring (bicyclic) bond motifs is 1. The van der Waals surface area contributed by atoms with E-state index in [1.54, 1.807) is 0 Å². The first-order valence-corrected chi connectivity index (χ1v) is 9.29. The molecule has 0 amide bonds. The molecule has 2 heterocycles. The van der Waals surface area contributed by atoms with E-state index in [1.165, 1.54) is 30.3 Å². The largest absolute Gasteiger partial charge is 0.507 e. The fourth-order valence-corrected chi connectivity index (χ4v) is 3.54. The Balaban J connectivity index is 1.58. The van der Waals surface area contributed by atoms with E-state index in [1.807, 2.05) is 0 Å². The predicted octanol–water partition coefficient (Wildman–Crippen LogP) is -0.342. The molecule has 0 radical (unpaired) electrons. The van der Waals surface area contributed by atoms with Crippen LogP contribution in [0.3, 0.4) is 0 Å². The van der Waals surface area contributed by atoms with Gasteiger partial charge in [-0.3, -0.25) is 0 Å². The standard InChI is InChI=1S/C20H22O10/c21-11-2-1-8(3-13(11)23)19-14(24)6-10-12(22)4-9(5-16(10)30-19)29-20-18(27)17(26)15(25)7-28-20/h1-5,14-15,17-27H,6-7H2/t14-,15?,17?,18?,19+,20?/m1/s1. The summed E-state index contributed by atoms with van der Waals surface area (Å²) in [4.78, 5) is 0. The maximum Gasteiger partial charge on any atom is 0.228 e. The minimum Gasteiger partial charge on any atom is -0.507 e. The second-order valence-electron chi connectivity index (χ2n) is 7.35. The zero-order chi connectivity index (χ0) is 21.6. The minimum absolute atomic E-state index is 0.0568. The lowest BCUT2D eigenvalue weighted by Gasteiger charge is -2.35. The Kier molecular flexibility index (Phi) is 5.35. The molecule has 2 aliphatic heterocycles. The average Bonchev–Trinajstić information content (AvgIpc) is 2.71. The number of hydrogen-bond acceptors (Lipinski definition) is 10. The van der Waals surface area contributed by atoms with Crippen molar-refractivity contribution < 1.29 is 50.0 Å². The molecule has 6 atom stereocenters. The molecule has 4 unspecified atom stereocenters. The molecule has 10 nitrogen and oxygen atoms in total. The highest BCUT2D eigenvalue weighted by atomic mass is 16.7. The van der Waals surface area contributed by atoms with Crippen molar-refractivity contribution in [3.05, 3.63) is 41.5 Å². The van der Waals surface area contributed by atoms with Gasteiger partial charge in [-0.15, -0.1) is 0 Å². The van der Waals surface area contributed by atoms with Crippen molar-refractivity contribution in [1.29, 1.82) is 0 Å². The highest BCUT2D eigenvalue weighted by molar-refractivity contribution is 5.52. The van der Waals surface area contributed by atoms with Crippen LogP contribution in [0.2, 0.25) is 0 Å². The molecule has 2 aliphatic rings. The maximum absolute atomic E-state index is 10.5. The molecule has 7 N–H and O–H groups in total. The van der Waals surface area contributed by atoms with Gasteiger partial charge < -0.3 is 50.0 Å². The van der Waals surface area contributed by atoms with Gasteiger partial charge in [-0.25, -0.2) is 0 Å². The van der Waals surface area contributed by atoms with Gasteiger partial charge in [0.2, 0.25) is 6.29 Å². The number of ether oxygens (including phenoxy) is 3. The first kappa shape index (κ1) is 20.5. The van der Waals surface area contributed by atoms with E-state index in [4.69, 9.17) is 14.2 Å². The van der Waals surface area contributed by atoms with Crippen molar-refractivity contribution in [3.63, 3.8) is 0 Å². The van der Waals surface area contributed by atoms with Gasteiger partial charge in [0.05, 0.1) is 12.7 Å². The number of aromatic hydroxyl groups is 3. The summed E-state index contributed by atoms with van der Waals surface area (Å²) in [5.41, 5.74) is 0.757. The molecule has 0 spiro atoms. The van der Waals surface area contributed by atoms with E-state index in [9.17, 15) is 35.7 Å². The van der Waals surface area contributed by atoms with Gasteiger partial charge in [0.25, 0.3) is 0 Å². The Morgan fingerprint density at radius 2 is 1.60 bits per heavy atom. The van der Waals surface area contributed by atoms with Gasteiger partial charge in [-0.05, 0) is 17.7 Å². The van der Waals surface area contributed by atoms with Gasteiger partial charge in [-0.1, -0.05) is 6.07 Å². The molecule has 4 rings (SSSR count). The zero-order valence-electron chi connectivity index (χ0n) is 15.6. The molecule has 2 aromatic carbocycles. The van der Waals surface area contributed by atoms with Crippen LogP contribution in [-0.2, 0) is 11.2 Å². The molecule has 2 aromatic rings. The van der Waals surface area contributed by atoms with E-state index in [0.717, 1.165) is 0 Å². The van der Waals surface area contributed by atoms with E-state index >= 15 is 0 Å². The molecule has 0 bridgehead atoms. The summed E-state index contributed by atoms with van der Waals surface area (Å²) in [5.74, 6) is -0.602. The lowest BCUT2D eigenvalue weighted by atomic mass is 9.94. The van der Waals surface area contributed by atoms with Crippen molar-refractivity contribution in [2.24, 2.45) is 0 Å². The summed E-state index contributed by atoms with van der Waals surface area (Å²) in [6.07, 6.45) is -7.34. The highest BCUT2D eigenvalue weighted by Crippen LogP contribution is 2.43. The van der Waals surface area contributed by atoms with Crippen LogP contribution in [0, 0.1) is 0 Å². The van der Waals surface area contributed by atoms with Crippen molar-refractivity contribution in [1.82, 2.24) is 0 Å². The molecule has 0 aromatic heterocycles. The average molecular weight is 422 g/mol. The summed E-state index contributed by atoms with van der Waals surface area (Å²) in [6, 6.07) is 6.73. The topological polar surface area (TPSA) is 169 Å². The monoisotopic (exact) mass is 422 g/mol. The molecule has 162 valence electrons. The molecule has 0 saturated carbocycles. The van der Waals surface area contributed by atoms with E-state index in [-0.39, 0.29) is 41.8 Å². The van der Waals surface area contributed by atoms with Crippen LogP contribution in [0.4, 0.5) is 0 Å². The second kappa shape index (κ2) is 7.82. The zero-order valence-corrected chi connectivity index (χ0v) is 15.6. The SMILES string of the molecule is Oc1ccc([C@@H]2Oc3cc(OC4OCC(O)C(O)C4O)cc(O)c3C[C@H]2O)cc1O. The molecule has 0 aliphatic carbocycles. The number of aliphatic hydroxyl groups excluding tert-OH is 4. The number of rotatable bonds is 3. The molecule has 10 heteroatoms. The quantitative estimate of drug-likeness (QED) is 0.325. The Morgan fingerprint density at radius 3 is 2.33 bits per heavy atom. The molecule has 1 fully saturated rings. The summed E-state index contributed by atoms with van der Waals surface area (Å²) in [6.45, 7) is -0.241. The molecular formula is C20H22O10. The molecule has 1 saturated heterocycles. The van der Waals surface area contributed by atoms with Crippen LogP contribution in [0.5, 0.6) is 28.7 Å². The van der Waals surface area contributed by atoms with E-state index in [0.29, 0.717) is 11.1 Å². The van der Waals surface area contributed by atoms with Crippen molar-refractivity contribution in [3.8, 4) is 28.7 Å². The summed E-state index contributed by atoms with van der Waals surface area (Å²) in [5, 5.41) is 69.3.